The summed E-state index contributed by atoms with van der Waals surface area (Å²) in [7, 11) is 0. The second-order valence-electron chi connectivity index (χ2n) is 6.33. The van der Waals surface area contributed by atoms with E-state index in [0.29, 0.717) is 17.8 Å². The van der Waals surface area contributed by atoms with Crippen molar-refractivity contribution in [2.75, 3.05) is 11.9 Å². The van der Waals surface area contributed by atoms with Gasteiger partial charge in [-0.1, -0.05) is 48.5 Å². The molecule has 0 fully saturated rings. The molecule has 1 heterocycles. The van der Waals surface area contributed by atoms with Crippen LogP contribution in [0.1, 0.15) is 20.8 Å². The standard InChI is InChI=1S/C23H21N3O2S2/c27-21(13-12-18-9-6-16-30-18)26-23(29)25-20-11-5-4-10-19(20)22(28)24-15-14-17-7-2-1-3-8-17/h1-13,16H,14-15H2,(H,24,28)(H2,25,26,27,29). The number of carbonyl (C=O) groups is 2. The lowest BCUT2D eigenvalue weighted by molar-refractivity contribution is -0.115. The molecule has 2 amide bonds. The van der Waals surface area contributed by atoms with Crippen LogP contribution < -0.4 is 16.0 Å². The molecular weight excluding hydrogens is 414 g/mol. The lowest BCUT2D eigenvalue weighted by atomic mass is 10.1. The molecule has 5 nitrogen and oxygen atoms in total. The van der Waals surface area contributed by atoms with E-state index < -0.39 is 0 Å². The summed E-state index contributed by atoms with van der Waals surface area (Å²) in [6, 6.07) is 20.8. The molecular formula is C23H21N3O2S2. The molecule has 0 aliphatic carbocycles. The van der Waals surface area contributed by atoms with Crippen LogP contribution in [0.25, 0.3) is 6.08 Å². The number of para-hydroxylation sites is 1. The van der Waals surface area contributed by atoms with Crippen LogP contribution in [0.15, 0.2) is 78.2 Å². The maximum absolute atomic E-state index is 12.6. The van der Waals surface area contributed by atoms with Crippen molar-refractivity contribution in [2.24, 2.45) is 0 Å². The average molecular weight is 436 g/mol. The van der Waals surface area contributed by atoms with Crippen LogP contribution in [-0.4, -0.2) is 23.5 Å². The Labute approximate surface area is 184 Å². The smallest absolute Gasteiger partial charge is 0.253 e. The van der Waals surface area contributed by atoms with E-state index in [1.165, 1.54) is 17.4 Å². The number of carbonyl (C=O) groups excluding carboxylic acids is 2. The van der Waals surface area contributed by atoms with E-state index in [0.717, 1.165) is 16.9 Å². The van der Waals surface area contributed by atoms with Gasteiger partial charge >= 0.3 is 0 Å². The van der Waals surface area contributed by atoms with Crippen molar-refractivity contribution in [3.05, 3.63) is 94.2 Å². The predicted molar refractivity (Wildman–Crippen MR) is 127 cm³/mol. The van der Waals surface area contributed by atoms with E-state index >= 15 is 0 Å². The number of thiophene rings is 1. The van der Waals surface area contributed by atoms with Crippen molar-refractivity contribution in [2.45, 2.75) is 6.42 Å². The van der Waals surface area contributed by atoms with Crippen molar-refractivity contribution in [1.29, 1.82) is 0 Å². The maximum atomic E-state index is 12.6. The minimum Gasteiger partial charge on any atom is -0.352 e. The second kappa shape index (κ2) is 11.0. The van der Waals surface area contributed by atoms with E-state index in [1.54, 1.807) is 30.3 Å². The van der Waals surface area contributed by atoms with Gasteiger partial charge in [0.15, 0.2) is 5.11 Å². The van der Waals surface area contributed by atoms with Gasteiger partial charge in [-0.15, -0.1) is 11.3 Å². The van der Waals surface area contributed by atoms with Gasteiger partial charge in [-0.05, 0) is 53.9 Å². The van der Waals surface area contributed by atoms with Gasteiger partial charge in [0, 0.05) is 17.5 Å². The third kappa shape index (κ3) is 6.65. The summed E-state index contributed by atoms with van der Waals surface area (Å²) >= 11 is 6.75. The summed E-state index contributed by atoms with van der Waals surface area (Å²) in [6.45, 7) is 0.520. The van der Waals surface area contributed by atoms with Crippen LogP contribution >= 0.6 is 23.6 Å². The summed E-state index contributed by atoms with van der Waals surface area (Å²) in [6.07, 6.45) is 3.88. The summed E-state index contributed by atoms with van der Waals surface area (Å²) in [4.78, 5) is 25.6. The van der Waals surface area contributed by atoms with Gasteiger partial charge in [0.2, 0.25) is 5.91 Å². The monoisotopic (exact) mass is 435 g/mol. The minimum absolute atomic E-state index is 0.125. The normalized spacial score (nSPS) is 10.5. The predicted octanol–water partition coefficient (Wildman–Crippen LogP) is 4.25. The number of anilines is 1. The van der Waals surface area contributed by atoms with E-state index in [2.05, 4.69) is 16.0 Å². The number of hydrogen-bond acceptors (Lipinski definition) is 4. The molecule has 0 aliphatic heterocycles. The van der Waals surface area contributed by atoms with E-state index in [9.17, 15) is 9.59 Å². The molecule has 7 heteroatoms. The van der Waals surface area contributed by atoms with Gasteiger partial charge in [-0.3, -0.25) is 14.9 Å². The molecule has 0 radical (unpaired) electrons. The molecule has 0 bridgehead atoms. The molecule has 30 heavy (non-hydrogen) atoms. The van der Waals surface area contributed by atoms with Crippen LogP contribution in [-0.2, 0) is 11.2 Å². The molecule has 0 saturated heterocycles. The zero-order valence-corrected chi connectivity index (χ0v) is 17.8. The Morgan fingerprint density at radius 2 is 1.73 bits per heavy atom. The number of amides is 2. The summed E-state index contributed by atoms with van der Waals surface area (Å²) < 4.78 is 0. The maximum Gasteiger partial charge on any atom is 0.253 e. The molecule has 0 saturated carbocycles. The topological polar surface area (TPSA) is 70.2 Å². The number of rotatable bonds is 7. The fraction of sp³-hybridized carbons (Fsp3) is 0.0870. The molecule has 3 N–H and O–H groups in total. The summed E-state index contributed by atoms with van der Waals surface area (Å²) in [5.41, 5.74) is 2.14. The van der Waals surface area contributed by atoms with Crippen LogP contribution in [0.2, 0.25) is 0 Å². The first-order valence-corrected chi connectivity index (χ1v) is 10.7. The highest BCUT2D eigenvalue weighted by Crippen LogP contribution is 2.15. The number of nitrogens with one attached hydrogen (secondary N) is 3. The Balaban J connectivity index is 1.54. The van der Waals surface area contributed by atoms with Gasteiger partial charge in [-0.25, -0.2) is 0 Å². The lowest BCUT2D eigenvalue weighted by Crippen LogP contribution is -2.34. The highest BCUT2D eigenvalue weighted by molar-refractivity contribution is 7.80. The van der Waals surface area contributed by atoms with E-state index in [-0.39, 0.29) is 16.9 Å². The fourth-order valence-corrected chi connectivity index (χ4v) is 3.53. The largest absolute Gasteiger partial charge is 0.352 e. The van der Waals surface area contributed by atoms with E-state index in [1.807, 2.05) is 47.8 Å². The van der Waals surface area contributed by atoms with Crippen LogP contribution in [0.3, 0.4) is 0 Å². The van der Waals surface area contributed by atoms with E-state index in [4.69, 9.17) is 12.2 Å². The molecule has 152 valence electrons. The Bertz CT molecular complexity index is 1030. The van der Waals surface area contributed by atoms with Crippen LogP contribution in [0.5, 0.6) is 0 Å². The molecule has 1 aromatic heterocycles. The number of benzene rings is 2. The van der Waals surface area contributed by atoms with Crippen molar-refractivity contribution >= 4 is 52.2 Å². The quantitative estimate of drug-likeness (QED) is 0.383. The minimum atomic E-state index is -0.342. The van der Waals surface area contributed by atoms with Gasteiger partial charge in [0.05, 0.1) is 11.3 Å². The molecule has 0 unspecified atom stereocenters. The average Bonchev–Trinajstić information content (AvgIpc) is 3.27. The fourth-order valence-electron chi connectivity index (χ4n) is 2.70. The Morgan fingerprint density at radius 1 is 0.967 bits per heavy atom. The highest BCUT2D eigenvalue weighted by atomic mass is 32.1. The lowest BCUT2D eigenvalue weighted by Gasteiger charge is -2.13. The molecule has 2 aromatic carbocycles. The molecule has 3 rings (SSSR count). The van der Waals surface area contributed by atoms with Gasteiger partial charge < -0.3 is 10.6 Å². The first-order chi connectivity index (χ1) is 14.6. The zero-order valence-electron chi connectivity index (χ0n) is 16.1. The first-order valence-electron chi connectivity index (χ1n) is 9.36. The second-order valence-corrected chi connectivity index (χ2v) is 7.72. The third-order valence-electron chi connectivity index (χ3n) is 4.14. The zero-order chi connectivity index (χ0) is 21.2. The Morgan fingerprint density at radius 3 is 2.50 bits per heavy atom. The first kappa shape index (κ1) is 21.4. The third-order valence-corrected chi connectivity index (χ3v) is 5.18. The summed E-state index contributed by atoms with van der Waals surface area (Å²) in [5, 5.41) is 10.5. The summed E-state index contributed by atoms with van der Waals surface area (Å²) in [5.74, 6) is -0.550. The van der Waals surface area contributed by atoms with Crippen LogP contribution in [0, 0.1) is 0 Å². The molecule has 3 aromatic rings. The Kier molecular flexibility index (Phi) is 7.88. The van der Waals surface area contributed by atoms with Gasteiger partial charge in [-0.2, -0.15) is 0 Å². The van der Waals surface area contributed by atoms with Crippen molar-refractivity contribution in [3.8, 4) is 0 Å². The molecule has 0 spiro atoms. The van der Waals surface area contributed by atoms with Crippen molar-refractivity contribution < 1.29 is 9.59 Å². The van der Waals surface area contributed by atoms with Crippen molar-refractivity contribution in [1.82, 2.24) is 10.6 Å². The Hall–Kier alpha value is -3.29. The van der Waals surface area contributed by atoms with Gasteiger partial charge in [0.25, 0.3) is 5.91 Å². The molecule has 0 aliphatic rings. The van der Waals surface area contributed by atoms with Crippen LogP contribution in [0.4, 0.5) is 5.69 Å². The number of thiocarbonyl (C=S) groups is 1. The highest BCUT2D eigenvalue weighted by Gasteiger charge is 2.12. The SMILES string of the molecule is O=C(C=Cc1cccs1)NC(=S)Nc1ccccc1C(=O)NCCc1ccccc1. The van der Waals surface area contributed by atoms with Gasteiger partial charge in [0.1, 0.15) is 0 Å². The number of hydrogen-bond donors (Lipinski definition) is 3. The van der Waals surface area contributed by atoms with Crippen molar-refractivity contribution in [3.63, 3.8) is 0 Å². The molecule has 0 atom stereocenters.